The average molecular weight is 203 g/mol. The Morgan fingerprint density at radius 3 is 2.08 bits per heavy atom. The van der Waals surface area contributed by atoms with E-state index in [0.717, 1.165) is 12.5 Å². The van der Waals surface area contributed by atoms with Crippen molar-refractivity contribution in [3.63, 3.8) is 0 Å². The van der Waals surface area contributed by atoms with Gasteiger partial charge in [-0.05, 0) is 19.0 Å². The van der Waals surface area contributed by atoms with Crippen LogP contribution < -0.4 is 0 Å². The van der Waals surface area contributed by atoms with E-state index in [9.17, 15) is 0 Å². The Labute approximate surface area is 80.3 Å². The number of hydrogen-bond acceptors (Lipinski definition) is 1. The highest BCUT2D eigenvalue weighted by Crippen LogP contribution is 2.16. The van der Waals surface area contributed by atoms with Crippen LogP contribution in [0.2, 0.25) is 38.8 Å². The Hall–Kier alpha value is 0.394. The molecule has 1 unspecified atom stereocenters. The van der Waals surface area contributed by atoms with Crippen molar-refractivity contribution in [2.45, 2.75) is 45.7 Å². The molecule has 0 amide bonds. The molecule has 0 bridgehead atoms. The summed E-state index contributed by atoms with van der Waals surface area (Å²) < 4.78 is 5.67. The van der Waals surface area contributed by atoms with Crippen LogP contribution in [-0.4, -0.2) is 23.7 Å². The summed E-state index contributed by atoms with van der Waals surface area (Å²) in [6.07, 6.45) is 0. The molecule has 73 valence electrons. The van der Waals surface area contributed by atoms with Gasteiger partial charge in [0.2, 0.25) is 9.04 Å². The zero-order valence-electron chi connectivity index (χ0n) is 9.40. The van der Waals surface area contributed by atoms with Gasteiger partial charge in [-0.2, -0.15) is 0 Å². The smallest absolute Gasteiger partial charge is 0.204 e. The van der Waals surface area contributed by atoms with Crippen molar-refractivity contribution in [1.29, 1.82) is 0 Å². The molecule has 0 aliphatic heterocycles. The Bertz CT molecular complexity index is 118. The topological polar surface area (TPSA) is 9.23 Å². The van der Waals surface area contributed by atoms with Crippen molar-refractivity contribution in [2.75, 3.05) is 6.61 Å². The van der Waals surface area contributed by atoms with E-state index in [1.807, 2.05) is 0 Å². The predicted octanol–water partition coefficient (Wildman–Crippen LogP) is 3.23. The minimum absolute atomic E-state index is 0.469. The van der Waals surface area contributed by atoms with Crippen LogP contribution in [0.25, 0.3) is 0 Å². The van der Waals surface area contributed by atoms with Crippen LogP contribution in [0.4, 0.5) is 0 Å². The lowest BCUT2D eigenvalue weighted by atomic mass is 10.2. The predicted molar refractivity (Wildman–Crippen MR) is 60.8 cm³/mol. The number of rotatable bonds is 5. The number of hydrogen-bond donors (Lipinski definition) is 0. The van der Waals surface area contributed by atoms with Gasteiger partial charge in [0.25, 0.3) is 0 Å². The molecule has 0 heterocycles. The van der Waals surface area contributed by atoms with Gasteiger partial charge in [-0.3, -0.25) is 0 Å². The van der Waals surface area contributed by atoms with Crippen molar-refractivity contribution >= 4 is 17.1 Å². The summed E-state index contributed by atoms with van der Waals surface area (Å²) in [6, 6.07) is 1.39. The van der Waals surface area contributed by atoms with Crippen molar-refractivity contribution < 1.29 is 4.43 Å². The zero-order valence-corrected chi connectivity index (χ0v) is 11.4. The van der Waals surface area contributed by atoms with Crippen LogP contribution in [-0.2, 0) is 4.43 Å². The summed E-state index contributed by atoms with van der Waals surface area (Å²) >= 11 is 0. The minimum atomic E-state index is -0.861. The summed E-state index contributed by atoms with van der Waals surface area (Å²) in [5.74, 6) is 0.761. The van der Waals surface area contributed by atoms with Gasteiger partial charge in [0.15, 0.2) is 0 Å². The highest BCUT2D eigenvalue weighted by Gasteiger charge is 2.17. The van der Waals surface area contributed by atoms with E-state index in [4.69, 9.17) is 4.43 Å². The van der Waals surface area contributed by atoms with Crippen LogP contribution >= 0.6 is 0 Å². The maximum atomic E-state index is 5.67. The van der Waals surface area contributed by atoms with Gasteiger partial charge >= 0.3 is 0 Å². The molecule has 1 atom stereocenters. The lowest BCUT2D eigenvalue weighted by Gasteiger charge is -2.21. The first-order valence-electron chi connectivity index (χ1n) is 4.74. The Morgan fingerprint density at radius 1 is 1.25 bits per heavy atom. The van der Waals surface area contributed by atoms with E-state index in [-0.39, 0.29) is 0 Å². The van der Waals surface area contributed by atoms with E-state index < -0.39 is 17.1 Å². The molecule has 0 aliphatic carbocycles. The highest BCUT2D eigenvalue weighted by molar-refractivity contribution is 6.76. The van der Waals surface area contributed by atoms with Gasteiger partial charge < -0.3 is 4.43 Å². The maximum Gasteiger partial charge on any atom is 0.204 e. The molecule has 0 rings (SSSR count). The first-order valence-corrected chi connectivity index (χ1v) is 10.9. The highest BCUT2D eigenvalue weighted by atomic mass is 28.3. The van der Waals surface area contributed by atoms with Crippen LogP contribution in [0.15, 0.2) is 0 Å². The summed E-state index contributed by atoms with van der Waals surface area (Å²) in [6.45, 7) is 15.0. The third-order valence-electron chi connectivity index (χ3n) is 1.62. The van der Waals surface area contributed by atoms with E-state index in [1.54, 1.807) is 0 Å². The van der Waals surface area contributed by atoms with Crippen molar-refractivity contribution in [2.24, 2.45) is 5.92 Å². The monoisotopic (exact) mass is 203 g/mol. The first kappa shape index (κ1) is 12.4. The molecule has 0 aromatic heterocycles. The molecule has 3 heteroatoms. The summed E-state index contributed by atoms with van der Waals surface area (Å²) in [7, 11) is -1.33. The van der Waals surface area contributed by atoms with Crippen LogP contribution in [0.3, 0.4) is 0 Å². The fourth-order valence-electron chi connectivity index (χ4n) is 1.41. The Kier molecular flexibility index (Phi) is 5.36. The SMILES string of the molecule is CC(CO[Si](C)C)C[Si](C)(C)C. The largest absolute Gasteiger partial charge is 0.417 e. The van der Waals surface area contributed by atoms with Crippen molar-refractivity contribution in [3.8, 4) is 0 Å². The lowest BCUT2D eigenvalue weighted by Crippen LogP contribution is -2.26. The third-order valence-corrected chi connectivity index (χ3v) is 4.28. The van der Waals surface area contributed by atoms with Crippen LogP contribution in [0.5, 0.6) is 0 Å². The summed E-state index contributed by atoms with van der Waals surface area (Å²) in [4.78, 5) is 0. The standard InChI is InChI=1S/C9H23OSi2/c1-9(7-10-11(2)3)8-12(4,5)6/h9H,7-8H2,1-6H3. The molecule has 1 radical (unpaired) electrons. The molecule has 0 N–H and O–H groups in total. The second kappa shape index (κ2) is 5.19. The first-order chi connectivity index (χ1) is 5.31. The molecule has 0 saturated carbocycles. The lowest BCUT2D eigenvalue weighted by molar-refractivity contribution is 0.275. The van der Waals surface area contributed by atoms with Gasteiger partial charge in [-0.15, -0.1) is 0 Å². The van der Waals surface area contributed by atoms with E-state index in [0.29, 0.717) is 0 Å². The molecule has 0 fully saturated rings. The fourth-order valence-corrected chi connectivity index (χ4v) is 4.24. The second-order valence-electron chi connectivity index (χ2n) is 5.09. The molecular weight excluding hydrogens is 180 g/mol. The molecule has 1 nitrogen and oxygen atoms in total. The van der Waals surface area contributed by atoms with Crippen LogP contribution in [0.1, 0.15) is 6.92 Å². The average Bonchev–Trinajstić information content (AvgIpc) is 1.79. The molecule has 0 spiro atoms. The molecule has 12 heavy (non-hydrogen) atoms. The van der Waals surface area contributed by atoms with E-state index in [1.165, 1.54) is 6.04 Å². The van der Waals surface area contributed by atoms with Gasteiger partial charge in [0.05, 0.1) is 0 Å². The van der Waals surface area contributed by atoms with Gasteiger partial charge in [-0.25, -0.2) is 0 Å². The molecule has 0 aromatic rings. The quantitative estimate of drug-likeness (QED) is 0.623. The fraction of sp³-hybridized carbons (Fsp3) is 1.00. The maximum absolute atomic E-state index is 5.67. The van der Waals surface area contributed by atoms with Gasteiger partial charge in [-0.1, -0.05) is 32.6 Å². The van der Waals surface area contributed by atoms with Crippen LogP contribution in [0, 0.1) is 5.92 Å². The summed E-state index contributed by atoms with van der Waals surface area (Å²) in [5.41, 5.74) is 0. The van der Waals surface area contributed by atoms with E-state index in [2.05, 4.69) is 39.7 Å². The van der Waals surface area contributed by atoms with Gasteiger partial charge in [0, 0.05) is 14.7 Å². The van der Waals surface area contributed by atoms with Crippen molar-refractivity contribution in [1.82, 2.24) is 0 Å². The molecule has 0 aromatic carbocycles. The van der Waals surface area contributed by atoms with Crippen molar-refractivity contribution in [3.05, 3.63) is 0 Å². The second-order valence-corrected chi connectivity index (χ2v) is 12.7. The Morgan fingerprint density at radius 2 is 1.75 bits per heavy atom. The summed E-state index contributed by atoms with van der Waals surface area (Å²) in [5, 5.41) is 0. The van der Waals surface area contributed by atoms with E-state index >= 15 is 0 Å². The minimum Gasteiger partial charge on any atom is -0.417 e. The zero-order chi connectivity index (χ0) is 9.78. The normalized spacial score (nSPS) is 15.2. The Balaban J connectivity index is 3.53. The third kappa shape index (κ3) is 8.49. The molecule has 0 saturated heterocycles. The molecular formula is C9H23OSi2. The van der Waals surface area contributed by atoms with Gasteiger partial charge in [0.1, 0.15) is 0 Å². The molecule has 0 aliphatic rings.